The van der Waals surface area contributed by atoms with Gasteiger partial charge in [-0.05, 0) is 12.1 Å². The van der Waals surface area contributed by atoms with E-state index in [2.05, 4.69) is 0 Å². The van der Waals surface area contributed by atoms with E-state index in [1.807, 2.05) is 4.72 Å². The van der Waals surface area contributed by atoms with Crippen molar-refractivity contribution in [2.75, 3.05) is 11.8 Å². The molecule has 0 bridgehead atoms. The van der Waals surface area contributed by atoms with Crippen LogP contribution < -0.4 is 9.46 Å². The Balaban J connectivity index is 0.00000225. The molecule has 0 unspecified atom stereocenters. The number of benzene rings is 1. The molecule has 0 spiro atoms. The third-order valence-electron chi connectivity index (χ3n) is 1.61. The minimum atomic E-state index is -2.93. The Morgan fingerprint density at radius 1 is 1.44 bits per heavy atom. The Kier molecular flexibility index (Phi) is 6.34. The number of nitrogens with one attached hydrogen (secondary N) is 1. The van der Waals surface area contributed by atoms with Gasteiger partial charge in [-0.25, -0.2) is 8.42 Å². The van der Waals surface area contributed by atoms with Crippen molar-refractivity contribution >= 4 is 51.8 Å². The van der Waals surface area contributed by atoms with Crippen LogP contribution in [0.15, 0.2) is 18.2 Å². The fraction of sp³-hybridized carbons (Fsp3) is 0.143. The van der Waals surface area contributed by atoms with E-state index in [1.54, 1.807) is 0 Å². The Hall–Kier alpha value is -0.830. The summed E-state index contributed by atoms with van der Waals surface area (Å²) in [6, 6.07) is 3.83. The predicted molar refractivity (Wildman–Crippen MR) is 59.3 cm³/mol. The molecular weight excluding hydrogens is 247 g/mol. The molecule has 0 atom stereocenters. The fourth-order valence-corrected chi connectivity index (χ4v) is 1.37. The average molecular weight is 255 g/mol. The SMILES string of the molecule is COc1ccc(N[SH](=O)=O)c([N+](=O)[O-])c1.[Na]. The Morgan fingerprint density at radius 3 is 2.50 bits per heavy atom. The number of methoxy groups -OCH3 is 1. The molecule has 0 heterocycles. The summed E-state index contributed by atoms with van der Waals surface area (Å²) in [6.45, 7) is 0. The number of nitro benzene ring substituents is 1. The molecule has 1 aromatic rings. The Morgan fingerprint density at radius 2 is 2.06 bits per heavy atom. The summed E-state index contributed by atoms with van der Waals surface area (Å²) in [5.41, 5.74) is -0.439. The second kappa shape index (κ2) is 6.69. The van der Waals surface area contributed by atoms with Crippen LogP contribution in [-0.2, 0) is 10.9 Å². The van der Waals surface area contributed by atoms with Crippen molar-refractivity contribution < 1.29 is 18.1 Å². The van der Waals surface area contributed by atoms with Gasteiger partial charge in [0.15, 0.2) is 0 Å². The summed E-state index contributed by atoms with van der Waals surface area (Å²) in [4.78, 5) is 9.89. The summed E-state index contributed by atoms with van der Waals surface area (Å²) < 4.78 is 27.5. The number of thiol groups is 1. The van der Waals surface area contributed by atoms with Crippen LogP contribution in [0.25, 0.3) is 0 Å². The van der Waals surface area contributed by atoms with Gasteiger partial charge in [-0.15, -0.1) is 0 Å². The standard InChI is InChI=1S/C7H8N2O5S.Na/c1-14-5-2-3-6(8-15(12)13)7(4-5)9(10)11;/h2-4,15H,1H3,(H,8,12,13);. The second-order valence-electron chi connectivity index (χ2n) is 2.51. The van der Waals surface area contributed by atoms with Crippen LogP contribution in [0.4, 0.5) is 11.4 Å². The zero-order chi connectivity index (χ0) is 11.4. The van der Waals surface area contributed by atoms with E-state index in [9.17, 15) is 18.5 Å². The molecule has 0 aliphatic heterocycles. The number of nitro groups is 1. The second-order valence-corrected chi connectivity index (χ2v) is 3.25. The number of nitrogens with zero attached hydrogens (tertiary/aromatic N) is 1. The summed E-state index contributed by atoms with van der Waals surface area (Å²) in [6.07, 6.45) is 0. The monoisotopic (exact) mass is 255 g/mol. The van der Waals surface area contributed by atoms with E-state index in [4.69, 9.17) is 4.74 Å². The molecule has 0 aromatic heterocycles. The summed E-state index contributed by atoms with van der Waals surface area (Å²) in [5.74, 6) is 0.286. The van der Waals surface area contributed by atoms with Crippen molar-refractivity contribution in [1.82, 2.24) is 0 Å². The Bertz CT molecular complexity index is 454. The Labute approximate surface area is 115 Å². The smallest absolute Gasteiger partial charge is 0.296 e. The van der Waals surface area contributed by atoms with Crippen molar-refractivity contribution in [2.24, 2.45) is 0 Å². The minimum absolute atomic E-state index is 0. The van der Waals surface area contributed by atoms with Gasteiger partial charge < -0.3 is 4.74 Å². The van der Waals surface area contributed by atoms with Crippen LogP contribution in [0, 0.1) is 10.1 Å². The van der Waals surface area contributed by atoms with Crippen LogP contribution in [-0.4, -0.2) is 50.0 Å². The average Bonchev–Trinajstić information content (AvgIpc) is 2.17. The van der Waals surface area contributed by atoms with Gasteiger partial charge in [0.1, 0.15) is 11.4 Å². The van der Waals surface area contributed by atoms with Gasteiger partial charge in [-0.1, -0.05) is 0 Å². The van der Waals surface area contributed by atoms with E-state index < -0.39 is 15.8 Å². The third kappa shape index (κ3) is 3.97. The molecule has 16 heavy (non-hydrogen) atoms. The molecule has 1 radical (unpaired) electrons. The molecule has 83 valence electrons. The van der Waals surface area contributed by atoms with Gasteiger partial charge >= 0.3 is 0 Å². The van der Waals surface area contributed by atoms with Crippen molar-refractivity contribution in [3.8, 4) is 5.75 Å². The zero-order valence-electron chi connectivity index (χ0n) is 8.67. The largest absolute Gasteiger partial charge is 0.496 e. The van der Waals surface area contributed by atoms with Gasteiger partial charge in [0.25, 0.3) is 5.69 Å². The number of rotatable bonds is 4. The first-order valence-corrected chi connectivity index (χ1v) is 4.96. The van der Waals surface area contributed by atoms with Gasteiger partial charge in [0.2, 0.25) is 10.9 Å². The minimum Gasteiger partial charge on any atom is -0.496 e. The van der Waals surface area contributed by atoms with Crippen LogP contribution in [0.1, 0.15) is 0 Å². The number of anilines is 1. The maximum absolute atomic E-state index is 10.6. The molecule has 1 N–H and O–H groups in total. The van der Waals surface area contributed by atoms with E-state index in [-0.39, 0.29) is 46.7 Å². The summed E-state index contributed by atoms with van der Waals surface area (Å²) in [5, 5.41) is 10.6. The van der Waals surface area contributed by atoms with E-state index >= 15 is 0 Å². The molecule has 0 aliphatic rings. The predicted octanol–water partition coefficient (Wildman–Crippen LogP) is 0.161. The number of hydrogen-bond acceptors (Lipinski definition) is 5. The van der Waals surface area contributed by atoms with Gasteiger partial charge in [0, 0.05) is 29.6 Å². The van der Waals surface area contributed by atoms with Gasteiger partial charge in [0.05, 0.1) is 18.1 Å². The molecule has 9 heteroatoms. The van der Waals surface area contributed by atoms with Crippen LogP contribution in [0.2, 0.25) is 0 Å². The molecular formula is C7H8N2NaO5S. The molecule has 0 aliphatic carbocycles. The van der Waals surface area contributed by atoms with E-state index in [1.165, 1.54) is 19.2 Å². The first-order valence-electron chi connectivity index (χ1n) is 3.78. The van der Waals surface area contributed by atoms with Crippen LogP contribution in [0.3, 0.4) is 0 Å². The quantitative estimate of drug-likeness (QED) is 0.345. The maximum atomic E-state index is 10.6. The van der Waals surface area contributed by atoms with E-state index in [0.29, 0.717) is 0 Å². The van der Waals surface area contributed by atoms with Crippen LogP contribution in [0.5, 0.6) is 5.75 Å². The summed E-state index contributed by atoms with van der Waals surface area (Å²) >= 11 is 0. The number of hydrogen-bond donors (Lipinski definition) is 2. The van der Waals surface area contributed by atoms with Crippen molar-refractivity contribution in [3.63, 3.8) is 0 Å². The first kappa shape index (κ1) is 15.2. The molecule has 0 saturated heterocycles. The van der Waals surface area contributed by atoms with Crippen molar-refractivity contribution in [2.45, 2.75) is 0 Å². The normalized spacial score (nSPS) is 9.38. The van der Waals surface area contributed by atoms with Gasteiger partial charge in [-0.3, -0.25) is 14.8 Å². The maximum Gasteiger partial charge on any atom is 0.296 e. The molecule has 0 amide bonds. The fourth-order valence-electron chi connectivity index (χ4n) is 0.982. The van der Waals surface area contributed by atoms with Crippen molar-refractivity contribution in [3.05, 3.63) is 28.3 Å². The molecule has 0 saturated carbocycles. The molecule has 1 aromatic carbocycles. The molecule has 7 nitrogen and oxygen atoms in total. The van der Waals surface area contributed by atoms with Crippen LogP contribution >= 0.6 is 0 Å². The zero-order valence-corrected chi connectivity index (χ0v) is 11.6. The first-order chi connectivity index (χ1) is 7.04. The molecule has 0 fully saturated rings. The summed E-state index contributed by atoms with van der Waals surface area (Å²) in [7, 11) is -1.57. The molecule has 1 rings (SSSR count). The van der Waals surface area contributed by atoms with Gasteiger partial charge in [-0.2, -0.15) is 0 Å². The topological polar surface area (TPSA) is 98.5 Å². The third-order valence-corrected chi connectivity index (χ3v) is 2.04. The van der Waals surface area contributed by atoms with E-state index in [0.717, 1.165) is 6.07 Å². The number of ether oxygens (including phenoxy) is 1. The van der Waals surface area contributed by atoms with Crippen molar-refractivity contribution in [1.29, 1.82) is 0 Å².